The molecule has 1 aromatic rings. The Balaban J connectivity index is 1.38. The van der Waals surface area contributed by atoms with Gasteiger partial charge in [0.15, 0.2) is 5.79 Å². The Labute approximate surface area is 151 Å². The van der Waals surface area contributed by atoms with E-state index in [9.17, 15) is 18.0 Å². The second kappa shape index (κ2) is 6.33. The molecule has 0 N–H and O–H groups in total. The van der Waals surface area contributed by atoms with Crippen LogP contribution in [-0.4, -0.2) is 68.1 Å². The lowest BCUT2D eigenvalue weighted by Crippen LogP contribution is -2.48. The fraction of sp³-hybridized carbons (Fsp3) is 0.529. The highest BCUT2D eigenvalue weighted by atomic mass is 32.2. The fourth-order valence-electron chi connectivity index (χ4n) is 3.69. The van der Waals surface area contributed by atoms with Crippen LogP contribution in [0.4, 0.5) is 0 Å². The predicted octanol–water partition coefficient (Wildman–Crippen LogP) is 0.587. The van der Waals surface area contributed by atoms with E-state index in [0.29, 0.717) is 39.1 Å². The number of hydrogen-bond donors (Lipinski definition) is 0. The van der Waals surface area contributed by atoms with Crippen molar-refractivity contribution in [3.05, 3.63) is 29.8 Å². The number of nitrogens with zero attached hydrogens (tertiary/aromatic N) is 2. The minimum absolute atomic E-state index is 0.00731. The Kier molecular flexibility index (Phi) is 4.25. The van der Waals surface area contributed by atoms with Crippen molar-refractivity contribution in [1.82, 2.24) is 9.21 Å². The van der Waals surface area contributed by atoms with Gasteiger partial charge in [-0.25, -0.2) is 12.7 Å². The van der Waals surface area contributed by atoms with Crippen molar-refractivity contribution in [2.75, 3.05) is 32.8 Å². The molecule has 0 aromatic heterocycles. The van der Waals surface area contributed by atoms with Crippen molar-refractivity contribution < 1.29 is 27.5 Å². The lowest BCUT2D eigenvalue weighted by molar-refractivity contribution is -0.187. The Morgan fingerprint density at radius 1 is 1.12 bits per heavy atom. The lowest BCUT2D eigenvalue weighted by atomic mass is 10.0. The quantitative estimate of drug-likeness (QED) is 0.762. The molecule has 4 rings (SSSR count). The minimum Gasteiger partial charge on any atom is -0.347 e. The Morgan fingerprint density at radius 3 is 2.42 bits per heavy atom. The van der Waals surface area contributed by atoms with E-state index in [2.05, 4.69) is 0 Å². The Hall–Kier alpha value is -1.97. The highest BCUT2D eigenvalue weighted by Gasteiger charge is 2.42. The standard InChI is InChI=1S/C17H20N2O6S/c20-15(18-9-6-17(7-10-18)24-11-12-25-17)5-8-19-16(21)13-3-1-2-4-14(13)26(19,22)23/h1-4H,5-12H2. The van der Waals surface area contributed by atoms with Gasteiger partial charge in [-0.3, -0.25) is 9.59 Å². The summed E-state index contributed by atoms with van der Waals surface area (Å²) < 4.78 is 37.1. The van der Waals surface area contributed by atoms with Crippen LogP contribution in [0, 0.1) is 0 Å². The van der Waals surface area contributed by atoms with Crippen molar-refractivity contribution in [3.63, 3.8) is 0 Å². The number of sulfonamides is 1. The molecular formula is C17H20N2O6S. The normalized spacial score (nSPS) is 23.5. The smallest absolute Gasteiger partial charge is 0.269 e. The van der Waals surface area contributed by atoms with Crippen LogP contribution in [0.15, 0.2) is 29.2 Å². The molecule has 1 aromatic carbocycles. The van der Waals surface area contributed by atoms with Crippen molar-refractivity contribution in [2.45, 2.75) is 29.9 Å². The summed E-state index contributed by atoms with van der Waals surface area (Å²) >= 11 is 0. The zero-order valence-corrected chi connectivity index (χ0v) is 15.0. The molecule has 140 valence electrons. The molecule has 3 heterocycles. The molecule has 2 saturated heterocycles. The van der Waals surface area contributed by atoms with Crippen molar-refractivity contribution in [3.8, 4) is 0 Å². The van der Waals surface area contributed by atoms with E-state index in [1.807, 2.05) is 0 Å². The van der Waals surface area contributed by atoms with Gasteiger partial charge in [-0.1, -0.05) is 12.1 Å². The van der Waals surface area contributed by atoms with Gasteiger partial charge in [0.25, 0.3) is 15.9 Å². The highest BCUT2D eigenvalue weighted by molar-refractivity contribution is 7.90. The summed E-state index contributed by atoms with van der Waals surface area (Å²) in [5.74, 6) is -1.30. The van der Waals surface area contributed by atoms with Gasteiger partial charge in [0.2, 0.25) is 5.91 Å². The molecular weight excluding hydrogens is 360 g/mol. The number of ether oxygens (including phenoxy) is 2. The van der Waals surface area contributed by atoms with Crippen LogP contribution in [0.5, 0.6) is 0 Å². The monoisotopic (exact) mass is 380 g/mol. The van der Waals surface area contributed by atoms with Crippen LogP contribution in [0.25, 0.3) is 0 Å². The largest absolute Gasteiger partial charge is 0.347 e. The van der Waals surface area contributed by atoms with Crippen LogP contribution in [0.2, 0.25) is 0 Å². The second-order valence-corrected chi connectivity index (χ2v) is 8.45. The first-order valence-electron chi connectivity index (χ1n) is 8.65. The predicted molar refractivity (Wildman–Crippen MR) is 89.7 cm³/mol. The van der Waals surface area contributed by atoms with E-state index in [4.69, 9.17) is 9.47 Å². The number of carbonyl (C=O) groups excluding carboxylic acids is 2. The molecule has 0 atom stereocenters. The fourth-order valence-corrected chi connectivity index (χ4v) is 5.26. The number of rotatable bonds is 3. The highest BCUT2D eigenvalue weighted by Crippen LogP contribution is 2.32. The number of likely N-dealkylation sites (tertiary alicyclic amines) is 1. The third-order valence-corrected chi connectivity index (χ3v) is 6.97. The summed E-state index contributed by atoms with van der Waals surface area (Å²) in [5, 5.41) is 0. The van der Waals surface area contributed by atoms with E-state index in [1.54, 1.807) is 17.0 Å². The molecule has 0 aliphatic carbocycles. The first kappa shape index (κ1) is 17.4. The molecule has 2 amide bonds. The summed E-state index contributed by atoms with van der Waals surface area (Å²) in [7, 11) is -3.87. The minimum atomic E-state index is -3.87. The van der Waals surface area contributed by atoms with Crippen molar-refractivity contribution in [2.24, 2.45) is 0 Å². The molecule has 0 radical (unpaired) electrons. The molecule has 0 bridgehead atoms. The third-order valence-electron chi connectivity index (χ3n) is 5.13. The summed E-state index contributed by atoms with van der Waals surface area (Å²) in [6, 6.07) is 6.10. The average molecular weight is 380 g/mol. The Morgan fingerprint density at radius 2 is 1.77 bits per heavy atom. The van der Waals surface area contributed by atoms with Gasteiger partial charge in [0.05, 0.1) is 18.8 Å². The van der Waals surface area contributed by atoms with Crippen LogP contribution in [0.1, 0.15) is 29.6 Å². The number of piperidine rings is 1. The van der Waals surface area contributed by atoms with E-state index in [0.717, 1.165) is 4.31 Å². The summed E-state index contributed by atoms with van der Waals surface area (Å²) in [6.07, 6.45) is 1.17. The number of benzene rings is 1. The summed E-state index contributed by atoms with van der Waals surface area (Å²) in [4.78, 5) is 26.5. The Bertz CT molecular complexity index is 837. The van der Waals surface area contributed by atoms with Gasteiger partial charge in [-0.05, 0) is 12.1 Å². The average Bonchev–Trinajstić information content (AvgIpc) is 3.16. The molecule has 8 nitrogen and oxygen atoms in total. The second-order valence-electron chi connectivity index (χ2n) is 6.62. The first-order chi connectivity index (χ1) is 12.4. The molecule has 3 aliphatic rings. The lowest BCUT2D eigenvalue weighted by Gasteiger charge is -2.37. The van der Waals surface area contributed by atoms with Gasteiger partial charge in [0, 0.05) is 38.9 Å². The van der Waals surface area contributed by atoms with Gasteiger partial charge in [-0.15, -0.1) is 0 Å². The molecule has 9 heteroatoms. The maximum Gasteiger partial charge on any atom is 0.269 e. The van der Waals surface area contributed by atoms with Gasteiger partial charge in [0.1, 0.15) is 4.90 Å². The number of fused-ring (bicyclic) bond motifs is 1. The van der Waals surface area contributed by atoms with Gasteiger partial charge in [-0.2, -0.15) is 0 Å². The number of amides is 2. The topological polar surface area (TPSA) is 93.2 Å². The van der Waals surface area contributed by atoms with Crippen molar-refractivity contribution >= 4 is 21.8 Å². The molecule has 2 fully saturated rings. The SMILES string of the molecule is O=C(CCN1C(=O)c2ccccc2S1(=O)=O)N1CCC2(CC1)OCCO2. The molecule has 26 heavy (non-hydrogen) atoms. The molecule has 3 aliphatic heterocycles. The summed E-state index contributed by atoms with van der Waals surface area (Å²) in [6.45, 7) is 2.00. The van der Waals surface area contributed by atoms with E-state index in [-0.39, 0.29) is 29.3 Å². The van der Waals surface area contributed by atoms with Crippen LogP contribution >= 0.6 is 0 Å². The van der Waals surface area contributed by atoms with E-state index >= 15 is 0 Å². The maximum atomic E-state index is 12.5. The van der Waals surface area contributed by atoms with Crippen LogP contribution in [0.3, 0.4) is 0 Å². The van der Waals surface area contributed by atoms with Gasteiger partial charge < -0.3 is 14.4 Å². The third kappa shape index (κ3) is 2.80. The first-order valence-corrected chi connectivity index (χ1v) is 10.1. The van der Waals surface area contributed by atoms with Crippen molar-refractivity contribution in [1.29, 1.82) is 0 Å². The zero-order chi connectivity index (χ0) is 18.4. The molecule has 1 spiro atoms. The van der Waals surface area contributed by atoms with Crippen LogP contribution in [-0.2, 0) is 24.3 Å². The zero-order valence-electron chi connectivity index (χ0n) is 14.2. The number of carbonyl (C=O) groups is 2. The maximum absolute atomic E-state index is 12.5. The van der Waals surface area contributed by atoms with E-state index in [1.165, 1.54) is 12.1 Å². The summed E-state index contributed by atoms with van der Waals surface area (Å²) in [5.41, 5.74) is 0.162. The van der Waals surface area contributed by atoms with Crippen LogP contribution < -0.4 is 0 Å². The molecule has 0 unspecified atom stereocenters. The van der Waals surface area contributed by atoms with E-state index < -0.39 is 21.7 Å². The van der Waals surface area contributed by atoms with Gasteiger partial charge >= 0.3 is 0 Å². The molecule has 0 saturated carbocycles. The number of hydrogen-bond acceptors (Lipinski definition) is 6.